The molecule has 4 nitrogen and oxygen atoms in total. The topological polar surface area (TPSA) is 64.9 Å². The predicted octanol–water partition coefficient (Wildman–Crippen LogP) is 4.29. The Morgan fingerprint density at radius 2 is 1.75 bits per heavy atom. The normalized spacial score (nSPS) is 10.7. The Bertz CT molecular complexity index is 736. The molecule has 0 aliphatic rings. The Labute approximate surface area is 125 Å². The van der Waals surface area contributed by atoms with Gasteiger partial charge in [0, 0.05) is 18.0 Å². The van der Waals surface area contributed by atoms with Crippen LogP contribution in [-0.4, -0.2) is 10.1 Å². The molecule has 3 aromatic rings. The highest BCUT2D eigenvalue weighted by molar-refractivity contribution is 6.39. The molecule has 0 fully saturated rings. The number of nitrogens with zero attached hydrogens (tertiary/aromatic N) is 2. The summed E-state index contributed by atoms with van der Waals surface area (Å²) in [7, 11) is 0. The standard InChI is InChI=1S/C14H9Cl2N3O/c15-9-4-1-5-10(16)12(9)13-11(14(17)19-20-13)8-3-2-6-18-7-8/h1-7H,(H2,17,19). The van der Waals surface area contributed by atoms with Gasteiger partial charge in [-0.3, -0.25) is 4.98 Å². The fourth-order valence-electron chi connectivity index (χ4n) is 1.98. The third-order valence-electron chi connectivity index (χ3n) is 2.86. The highest BCUT2D eigenvalue weighted by Gasteiger charge is 2.21. The van der Waals surface area contributed by atoms with Crippen molar-refractivity contribution >= 4 is 29.0 Å². The van der Waals surface area contributed by atoms with Gasteiger partial charge in [-0.05, 0) is 18.2 Å². The molecule has 0 saturated carbocycles. The van der Waals surface area contributed by atoms with Gasteiger partial charge in [0.15, 0.2) is 11.6 Å². The summed E-state index contributed by atoms with van der Waals surface area (Å²) in [5, 5.41) is 4.75. The third kappa shape index (κ3) is 2.13. The number of nitrogen functional groups attached to an aromatic ring is 1. The smallest absolute Gasteiger partial charge is 0.179 e. The molecule has 0 bridgehead atoms. The first-order chi connectivity index (χ1) is 9.68. The Kier molecular flexibility index (Phi) is 3.34. The molecule has 0 aliphatic carbocycles. The number of halogens is 2. The zero-order chi connectivity index (χ0) is 14.1. The van der Waals surface area contributed by atoms with Crippen molar-refractivity contribution in [3.05, 3.63) is 52.8 Å². The van der Waals surface area contributed by atoms with Crippen molar-refractivity contribution in [3.63, 3.8) is 0 Å². The molecule has 2 N–H and O–H groups in total. The van der Waals surface area contributed by atoms with Crippen molar-refractivity contribution in [1.82, 2.24) is 10.1 Å². The second kappa shape index (κ2) is 5.15. The van der Waals surface area contributed by atoms with Crippen LogP contribution in [0.15, 0.2) is 47.2 Å². The molecule has 3 rings (SSSR count). The molecule has 1 aromatic carbocycles. The SMILES string of the molecule is Nc1noc(-c2c(Cl)cccc2Cl)c1-c1cccnc1. The molecular weight excluding hydrogens is 297 g/mol. The molecule has 0 amide bonds. The average molecular weight is 306 g/mol. The van der Waals surface area contributed by atoms with Crippen LogP contribution in [0.25, 0.3) is 22.5 Å². The van der Waals surface area contributed by atoms with Gasteiger partial charge >= 0.3 is 0 Å². The lowest BCUT2D eigenvalue weighted by Gasteiger charge is -2.06. The highest BCUT2D eigenvalue weighted by atomic mass is 35.5. The molecule has 0 unspecified atom stereocenters. The van der Waals surface area contributed by atoms with E-state index < -0.39 is 0 Å². The van der Waals surface area contributed by atoms with Gasteiger partial charge < -0.3 is 10.3 Å². The zero-order valence-electron chi connectivity index (χ0n) is 10.2. The fraction of sp³-hybridized carbons (Fsp3) is 0. The number of nitrogens with two attached hydrogens (primary N) is 1. The van der Waals surface area contributed by atoms with Gasteiger partial charge in [0.1, 0.15) is 0 Å². The number of hydrogen-bond donors (Lipinski definition) is 1. The lowest BCUT2D eigenvalue weighted by atomic mass is 10.0. The Morgan fingerprint density at radius 3 is 2.40 bits per heavy atom. The molecular formula is C14H9Cl2N3O. The second-order valence-electron chi connectivity index (χ2n) is 4.11. The van der Waals surface area contributed by atoms with Crippen molar-refractivity contribution in [3.8, 4) is 22.5 Å². The quantitative estimate of drug-likeness (QED) is 0.767. The van der Waals surface area contributed by atoms with Crippen LogP contribution in [0.1, 0.15) is 0 Å². The molecule has 6 heteroatoms. The van der Waals surface area contributed by atoms with E-state index in [-0.39, 0.29) is 5.82 Å². The minimum Gasteiger partial charge on any atom is -0.380 e. The van der Waals surface area contributed by atoms with Crippen LogP contribution in [0, 0.1) is 0 Å². The summed E-state index contributed by atoms with van der Waals surface area (Å²) in [6.45, 7) is 0. The van der Waals surface area contributed by atoms with Crippen molar-refractivity contribution in [2.45, 2.75) is 0 Å². The first kappa shape index (κ1) is 13.0. The molecule has 0 atom stereocenters. The van der Waals surface area contributed by atoms with Gasteiger partial charge in [0.05, 0.1) is 21.2 Å². The summed E-state index contributed by atoms with van der Waals surface area (Å²) in [4.78, 5) is 4.07. The van der Waals surface area contributed by atoms with Crippen LogP contribution < -0.4 is 5.73 Å². The van der Waals surface area contributed by atoms with E-state index in [0.29, 0.717) is 26.9 Å². The largest absolute Gasteiger partial charge is 0.380 e. The van der Waals surface area contributed by atoms with E-state index in [0.717, 1.165) is 5.56 Å². The van der Waals surface area contributed by atoms with E-state index in [9.17, 15) is 0 Å². The van der Waals surface area contributed by atoms with E-state index in [1.807, 2.05) is 6.07 Å². The Morgan fingerprint density at radius 1 is 1.00 bits per heavy atom. The van der Waals surface area contributed by atoms with Gasteiger partial charge in [0.2, 0.25) is 0 Å². The second-order valence-corrected chi connectivity index (χ2v) is 4.92. The van der Waals surface area contributed by atoms with Crippen molar-refractivity contribution < 1.29 is 4.52 Å². The molecule has 20 heavy (non-hydrogen) atoms. The van der Waals surface area contributed by atoms with Gasteiger partial charge in [-0.1, -0.05) is 40.5 Å². The van der Waals surface area contributed by atoms with E-state index in [4.69, 9.17) is 33.5 Å². The van der Waals surface area contributed by atoms with E-state index >= 15 is 0 Å². The Balaban J connectivity index is 2.27. The van der Waals surface area contributed by atoms with E-state index in [2.05, 4.69) is 10.1 Å². The van der Waals surface area contributed by atoms with Gasteiger partial charge in [0.25, 0.3) is 0 Å². The number of anilines is 1. The van der Waals surface area contributed by atoms with Crippen LogP contribution in [0.3, 0.4) is 0 Å². The summed E-state index contributed by atoms with van der Waals surface area (Å²) in [5.74, 6) is 0.704. The first-order valence-electron chi connectivity index (χ1n) is 5.78. The van der Waals surface area contributed by atoms with Crippen molar-refractivity contribution in [2.24, 2.45) is 0 Å². The maximum absolute atomic E-state index is 6.20. The first-order valence-corrected chi connectivity index (χ1v) is 6.54. The molecule has 0 aliphatic heterocycles. The summed E-state index contributed by atoms with van der Waals surface area (Å²) in [5.41, 5.74) is 7.88. The summed E-state index contributed by atoms with van der Waals surface area (Å²) in [6.07, 6.45) is 3.35. The number of hydrogen-bond acceptors (Lipinski definition) is 4. The predicted molar refractivity (Wildman–Crippen MR) is 79.6 cm³/mol. The van der Waals surface area contributed by atoms with Gasteiger partial charge in [-0.15, -0.1) is 0 Å². The Hall–Kier alpha value is -2.04. The monoisotopic (exact) mass is 305 g/mol. The maximum Gasteiger partial charge on any atom is 0.179 e. The lowest BCUT2D eigenvalue weighted by Crippen LogP contribution is -1.90. The number of benzene rings is 1. The minimum atomic E-state index is 0.268. The molecule has 0 spiro atoms. The zero-order valence-corrected chi connectivity index (χ0v) is 11.7. The molecule has 0 saturated heterocycles. The van der Waals surface area contributed by atoms with Crippen LogP contribution in [0.5, 0.6) is 0 Å². The maximum atomic E-state index is 6.20. The van der Waals surface area contributed by atoms with Crippen molar-refractivity contribution in [1.29, 1.82) is 0 Å². The molecule has 2 heterocycles. The van der Waals surface area contributed by atoms with Crippen molar-refractivity contribution in [2.75, 3.05) is 5.73 Å². The summed E-state index contributed by atoms with van der Waals surface area (Å²) < 4.78 is 5.33. The minimum absolute atomic E-state index is 0.268. The molecule has 0 radical (unpaired) electrons. The lowest BCUT2D eigenvalue weighted by molar-refractivity contribution is 0.436. The van der Waals surface area contributed by atoms with Crippen LogP contribution in [0.2, 0.25) is 10.0 Å². The number of rotatable bonds is 2. The molecule has 100 valence electrons. The third-order valence-corrected chi connectivity index (χ3v) is 3.49. The van der Waals surface area contributed by atoms with E-state index in [1.54, 1.807) is 36.7 Å². The average Bonchev–Trinajstić information content (AvgIpc) is 2.81. The summed E-state index contributed by atoms with van der Waals surface area (Å²) in [6, 6.07) is 8.89. The number of aromatic nitrogens is 2. The van der Waals surface area contributed by atoms with Crippen LogP contribution in [-0.2, 0) is 0 Å². The summed E-state index contributed by atoms with van der Waals surface area (Å²) >= 11 is 12.4. The van der Waals surface area contributed by atoms with Crippen LogP contribution in [0.4, 0.5) is 5.82 Å². The van der Waals surface area contributed by atoms with Gasteiger partial charge in [-0.2, -0.15) is 0 Å². The fourth-order valence-corrected chi connectivity index (χ4v) is 2.55. The molecule has 2 aromatic heterocycles. The number of pyridine rings is 1. The van der Waals surface area contributed by atoms with E-state index in [1.165, 1.54) is 0 Å². The van der Waals surface area contributed by atoms with Gasteiger partial charge in [-0.25, -0.2) is 0 Å². The highest BCUT2D eigenvalue weighted by Crippen LogP contribution is 2.42. The van der Waals surface area contributed by atoms with Crippen LogP contribution >= 0.6 is 23.2 Å².